The molecule has 0 bridgehead atoms. The topological polar surface area (TPSA) is 0 Å². The SMILES string of the molecule is SCSC(CC(CC(SCS)SCS)(CC(SCS)SCS)CC(SCS)SCS)SCS.SCSC(CSCC(CSCC(SCS)SCS)CSCC(SCS)SCS)SCS. The molecule has 0 heterocycles. The zero-order valence-electron chi connectivity index (χ0n) is 35.3. The Morgan fingerprint density at radius 1 is 0.219 bits per heavy atom. The lowest BCUT2D eigenvalue weighted by Gasteiger charge is -2.42. The van der Waals surface area contributed by atoms with E-state index in [1.54, 1.807) is 0 Å². The number of hydrogen-bond donors (Lipinski definition) is 14. The molecular formula is C33H70S31. The van der Waals surface area contributed by atoms with Gasteiger partial charge in [0.25, 0.3) is 0 Å². The van der Waals surface area contributed by atoms with Crippen LogP contribution in [0.2, 0.25) is 0 Å². The molecular weight excluding hydrogens is 1390 g/mol. The quantitative estimate of drug-likeness (QED) is 0.0206. The zero-order chi connectivity index (χ0) is 48.1. The second kappa shape index (κ2) is 58.5. The van der Waals surface area contributed by atoms with Crippen LogP contribution in [0.15, 0.2) is 0 Å². The molecule has 0 aliphatic heterocycles. The molecule has 0 aliphatic carbocycles. The molecule has 64 heavy (non-hydrogen) atoms. The number of hydrogen-bond acceptors (Lipinski definition) is 31. The first-order chi connectivity index (χ1) is 31.1. The summed E-state index contributed by atoms with van der Waals surface area (Å²) < 4.78 is 3.63. The lowest BCUT2D eigenvalue weighted by molar-refractivity contribution is 0.234. The van der Waals surface area contributed by atoms with Gasteiger partial charge < -0.3 is 0 Å². The van der Waals surface area contributed by atoms with Crippen LogP contribution in [-0.2, 0) is 0 Å². The average molecular weight is 1460 g/mol. The van der Waals surface area contributed by atoms with Gasteiger partial charge >= 0.3 is 0 Å². The Balaban J connectivity index is 0. The van der Waals surface area contributed by atoms with Crippen LogP contribution in [0.4, 0.5) is 0 Å². The van der Waals surface area contributed by atoms with E-state index in [2.05, 4.69) is 212 Å². The molecule has 0 aromatic rings. The van der Waals surface area contributed by atoms with Gasteiger partial charge in [-0.15, -0.1) is 165 Å². The minimum absolute atomic E-state index is 0.153. The van der Waals surface area contributed by atoms with Crippen molar-refractivity contribution in [1.82, 2.24) is 0 Å². The van der Waals surface area contributed by atoms with Crippen molar-refractivity contribution in [3.8, 4) is 0 Å². The van der Waals surface area contributed by atoms with Crippen LogP contribution >= 0.6 is 377 Å². The molecule has 31 heteroatoms. The summed E-state index contributed by atoms with van der Waals surface area (Å²) in [7, 11) is 0. The molecule has 0 rings (SSSR count). The predicted octanol–water partition coefficient (Wildman–Crippen LogP) is 18.3. The van der Waals surface area contributed by atoms with E-state index in [-0.39, 0.29) is 5.41 Å². The van der Waals surface area contributed by atoms with Gasteiger partial charge in [-0.3, -0.25) is 0 Å². The summed E-state index contributed by atoms with van der Waals surface area (Å²) in [6.07, 6.45) is 4.53. The Morgan fingerprint density at radius 3 is 0.531 bits per heavy atom. The molecule has 0 saturated carbocycles. The van der Waals surface area contributed by atoms with Crippen molar-refractivity contribution in [1.29, 1.82) is 0 Å². The standard InChI is InChI=1S/C17H36S16.C16H34S15/c18-5-26-13(27-6-19)1-17(2-14(28-7-20)29-8-21,3-15(30-9-22)31-10-23)4-16(32-11-24)33-12-25;17-7-26-14(27-8-18)4-23-1-13(2-24-5-15(28-9-19)29-10-20)3-25-6-16(30-11-21)31-12-22/h13-16,18-25H,1-12H2;13-22H,1-12H2. The van der Waals surface area contributed by atoms with Crippen molar-refractivity contribution in [2.24, 2.45) is 11.3 Å². The molecule has 0 saturated heterocycles. The van der Waals surface area contributed by atoms with Crippen LogP contribution < -0.4 is 0 Å². The first-order valence-corrected chi connectivity index (χ1v) is 46.0. The molecule has 0 spiro atoms. The van der Waals surface area contributed by atoms with Gasteiger partial charge in [-0.1, -0.05) is 0 Å². The van der Waals surface area contributed by atoms with Gasteiger partial charge in [0.15, 0.2) is 0 Å². The van der Waals surface area contributed by atoms with Crippen LogP contribution in [0, 0.1) is 11.3 Å². The number of rotatable bonds is 48. The first kappa shape index (κ1) is 76.9. The van der Waals surface area contributed by atoms with E-state index >= 15 is 0 Å². The van der Waals surface area contributed by atoms with Crippen molar-refractivity contribution in [3.05, 3.63) is 0 Å². The van der Waals surface area contributed by atoms with E-state index in [1.807, 2.05) is 165 Å². The lowest BCUT2D eigenvalue weighted by Crippen LogP contribution is -2.33. The summed E-state index contributed by atoms with van der Waals surface area (Å²) in [6.45, 7) is 0. The summed E-state index contributed by atoms with van der Waals surface area (Å²) in [5.74, 6) is 7.92. The molecule has 0 nitrogen and oxygen atoms in total. The smallest absolute Gasteiger partial charge is 0.0609 e. The van der Waals surface area contributed by atoms with Crippen molar-refractivity contribution in [2.45, 2.75) is 57.8 Å². The van der Waals surface area contributed by atoms with Crippen molar-refractivity contribution in [3.63, 3.8) is 0 Å². The maximum atomic E-state index is 4.55. The van der Waals surface area contributed by atoms with E-state index in [9.17, 15) is 0 Å². The molecule has 388 valence electrons. The molecule has 0 unspecified atom stereocenters. The highest BCUT2D eigenvalue weighted by molar-refractivity contribution is 8.27. The van der Waals surface area contributed by atoms with Crippen molar-refractivity contribution in [2.75, 3.05) is 106 Å². The van der Waals surface area contributed by atoms with Crippen LogP contribution in [0.25, 0.3) is 0 Å². The highest BCUT2D eigenvalue weighted by Gasteiger charge is 2.40. The molecule has 0 N–H and O–H groups in total. The van der Waals surface area contributed by atoms with Crippen LogP contribution in [0.5, 0.6) is 0 Å². The average Bonchev–Trinajstić information content (AvgIpc) is 3.25. The van der Waals surface area contributed by atoms with E-state index in [0.717, 1.165) is 103 Å². The van der Waals surface area contributed by atoms with Crippen LogP contribution in [-0.4, -0.2) is 138 Å². The largest absolute Gasteiger partial charge is 0.168 e. The van der Waals surface area contributed by atoms with Gasteiger partial charge in [0.1, 0.15) is 0 Å². The molecule has 0 radical (unpaired) electrons. The van der Waals surface area contributed by atoms with E-state index in [1.165, 1.54) is 34.5 Å². The third kappa shape index (κ3) is 45.6. The first-order valence-electron chi connectivity index (χ1n) is 19.0. The van der Waals surface area contributed by atoms with Gasteiger partial charge in [-0.2, -0.15) is 212 Å². The number of thiol groups is 14. The minimum atomic E-state index is 0.153. The van der Waals surface area contributed by atoms with E-state index in [0.29, 0.717) is 32.1 Å². The monoisotopic (exact) mass is 1460 g/mol. The lowest BCUT2D eigenvalue weighted by atomic mass is 9.77. The Bertz CT molecular complexity index is 763. The summed E-state index contributed by atoms with van der Waals surface area (Å²) in [5, 5.41) is 11.8. The van der Waals surface area contributed by atoms with Gasteiger partial charge in [-0.25, -0.2) is 0 Å². The van der Waals surface area contributed by atoms with Crippen LogP contribution in [0.3, 0.4) is 0 Å². The van der Waals surface area contributed by atoms with Crippen molar-refractivity contribution < 1.29 is 0 Å². The molecule has 0 fully saturated rings. The van der Waals surface area contributed by atoms with Crippen LogP contribution in [0.1, 0.15) is 25.7 Å². The Kier molecular flexibility index (Phi) is 70.3. The molecule has 0 aromatic carbocycles. The molecule has 0 atom stereocenters. The van der Waals surface area contributed by atoms with E-state index < -0.39 is 0 Å². The van der Waals surface area contributed by atoms with Gasteiger partial charge in [0, 0.05) is 88.4 Å². The molecule has 0 aromatic heterocycles. The highest BCUT2D eigenvalue weighted by Crippen LogP contribution is 2.53. The Morgan fingerprint density at radius 2 is 0.375 bits per heavy atom. The maximum Gasteiger partial charge on any atom is 0.0609 e. The fourth-order valence-corrected chi connectivity index (χ4v) is 35.9. The second-order valence-corrected chi connectivity index (χ2v) is 44.3. The summed E-state index contributed by atoms with van der Waals surface area (Å²) in [5.41, 5.74) is 0.153. The zero-order valence-corrected chi connectivity index (χ0v) is 61.7. The van der Waals surface area contributed by atoms with Crippen molar-refractivity contribution >= 4 is 377 Å². The Hall–Kier alpha value is 10.8. The fourth-order valence-electron chi connectivity index (χ4n) is 5.31. The minimum Gasteiger partial charge on any atom is -0.168 e. The third-order valence-electron chi connectivity index (χ3n) is 7.87. The fraction of sp³-hybridized carbons (Fsp3) is 1.00. The maximum absolute atomic E-state index is 4.55. The van der Waals surface area contributed by atoms with Gasteiger partial charge in [-0.05, 0) is 54.3 Å². The summed E-state index contributed by atoms with van der Waals surface area (Å²) in [6, 6.07) is 0. The molecule has 0 amide bonds. The summed E-state index contributed by atoms with van der Waals surface area (Å²) in [4.78, 5) is 0. The van der Waals surface area contributed by atoms with Gasteiger partial charge in [0.05, 0.1) is 32.1 Å². The number of thioether (sulfide) groups is 17. The van der Waals surface area contributed by atoms with Gasteiger partial charge in [0.2, 0.25) is 0 Å². The second-order valence-electron chi connectivity index (χ2n) is 11.9. The highest BCUT2D eigenvalue weighted by atomic mass is 32.3. The Labute approximate surface area is 542 Å². The summed E-state index contributed by atoms with van der Waals surface area (Å²) >= 11 is 96.1. The van der Waals surface area contributed by atoms with E-state index in [4.69, 9.17) is 0 Å². The molecule has 0 aliphatic rings. The normalized spacial score (nSPS) is 12.5. The predicted molar refractivity (Wildman–Crippen MR) is 403 cm³/mol. The third-order valence-corrected chi connectivity index (χ3v) is 34.6.